The fraction of sp³-hybridized carbons (Fsp3) is 0.0909. The molecule has 0 aliphatic heterocycles. The zero-order valence-electron chi connectivity index (χ0n) is 16.3. The van der Waals surface area contributed by atoms with Crippen molar-refractivity contribution in [3.05, 3.63) is 89.5 Å². The number of carbonyl (C=O) groups excluding carboxylic acids is 2. The number of nitrogens with zero attached hydrogens (tertiary/aromatic N) is 2. The van der Waals surface area contributed by atoms with E-state index in [2.05, 4.69) is 15.5 Å². The van der Waals surface area contributed by atoms with Crippen molar-refractivity contribution in [3.63, 3.8) is 0 Å². The predicted octanol–water partition coefficient (Wildman–Crippen LogP) is 4.39. The van der Waals surface area contributed by atoms with Crippen LogP contribution in [-0.2, 0) is 11.3 Å². The Morgan fingerprint density at radius 3 is 2.65 bits per heavy atom. The second kappa shape index (κ2) is 8.62. The first-order valence-electron chi connectivity index (χ1n) is 9.21. The molecule has 4 rings (SSSR count). The Bertz CT molecular complexity index is 1220. The summed E-state index contributed by atoms with van der Waals surface area (Å²) in [6, 6.07) is 13.9. The molecule has 0 radical (unpaired) electrons. The molecule has 0 spiro atoms. The highest BCUT2D eigenvalue weighted by molar-refractivity contribution is 6.02. The van der Waals surface area contributed by atoms with E-state index in [0.29, 0.717) is 16.8 Å². The molecule has 0 unspecified atom stereocenters. The number of nitrogens with one attached hydrogen (secondary N) is 1. The highest BCUT2D eigenvalue weighted by Crippen LogP contribution is 2.19. The molecule has 31 heavy (non-hydrogen) atoms. The second-order valence-corrected chi connectivity index (χ2v) is 6.56. The second-order valence-electron chi connectivity index (χ2n) is 6.56. The largest absolute Gasteiger partial charge is 0.459 e. The smallest absolute Gasteiger partial charge is 0.338 e. The average Bonchev–Trinajstić information content (AvgIpc) is 3.47. The molecule has 4 aromatic rings. The third kappa shape index (κ3) is 4.67. The number of aromatic nitrogens is 2. The number of aryl methyl sites for hydroxylation is 1. The molecule has 1 N–H and O–H groups in total. The van der Waals surface area contributed by atoms with Crippen molar-refractivity contribution < 1.29 is 27.7 Å². The molecule has 8 nitrogen and oxygen atoms in total. The van der Waals surface area contributed by atoms with E-state index in [1.54, 1.807) is 43.3 Å². The number of esters is 1. The Hall–Kier alpha value is -4.27. The molecule has 0 atom stereocenters. The van der Waals surface area contributed by atoms with Gasteiger partial charge in [0.25, 0.3) is 11.8 Å². The van der Waals surface area contributed by atoms with Crippen molar-refractivity contribution in [1.82, 2.24) is 10.1 Å². The van der Waals surface area contributed by atoms with Gasteiger partial charge < -0.3 is 19.0 Å². The normalized spacial score (nSPS) is 10.6. The highest BCUT2D eigenvalue weighted by atomic mass is 19.1. The maximum atomic E-state index is 13.7. The van der Waals surface area contributed by atoms with Crippen molar-refractivity contribution in [2.75, 3.05) is 5.32 Å². The maximum absolute atomic E-state index is 13.7. The third-order valence-corrected chi connectivity index (χ3v) is 4.35. The van der Waals surface area contributed by atoms with Crippen LogP contribution < -0.4 is 5.32 Å². The van der Waals surface area contributed by atoms with Crippen LogP contribution in [0.1, 0.15) is 32.4 Å². The van der Waals surface area contributed by atoms with Crippen LogP contribution in [0.5, 0.6) is 0 Å². The number of ether oxygens (including phenoxy) is 1. The van der Waals surface area contributed by atoms with Crippen LogP contribution >= 0.6 is 0 Å². The van der Waals surface area contributed by atoms with E-state index < -0.39 is 11.9 Å². The zero-order chi connectivity index (χ0) is 21.8. The van der Waals surface area contributed by atoms with Gasteiger partial charge in [-0.15, -0.1) is 0 Å². The Labute approximate surface area is 175 Å². The molecule has 2 heterocycles. The molecule has 9 heteroatoms. The SMILES string of the molecule is Cc1ccc(-c2noc(COC(=O)c3ccc(NC(=O)c4ccco4)cc3)n2)cc1F. The first-order valence-corrected chi connectivity index (χ1v) is 9.21. The van der Waals surface area contributed by atoms with Crippen molar-refractivity contribution >= 4 is 17.6 Å². The average molecular weight is 421 g/mol. The summed E-state index contributed by atoms with van der Waals surface area (Å²) >= 11 is 0. The van der Waals surface area contributed by atoms with Crippen LogP contribution in [0.25, 0.3) is 11.4 Å². The molecule has 0 aliphatic carbocycles. The monoisotopic (exact) mass is 421 g/mol. The Balaban J connectivity index is 1.34. The van der Waals surface area contributed by atoms with Gasteiger partial charge in [-0.25, -0.2) is 9.18 Å². The minimum absolute atomic E-state index is 0.0756. The summed E-state index contributed by atoms with van der Waals surface area (Å²) in [4.78, 5) is 28.3. The lowest BCUT2D eigenvalue weighted by Gasteiger charge is -2.05. The standard InChI is InChI=1S/C22H16FN3O5/c1-13-4-5-15(11-17(13)23)20-25-19(31-26-20)12-30-22(28)14-6-8-16(9-7-14)24-21(27)18-3-2-10-29-18/h2-11H,12H2,1H3,(H,24,27). The molecule has 0 bridgehead atoms. The van der Waals surface area contributed by atoms with Crippen molar-refractivity contribution in [3.8, 4) is 11.4 Å². The topological polar surface area (TPSA) is 107 Å². The highest BCUT2D eigenvalue weighted by Gasteiger charge is 2.14. The van der Waals surface area contributed by atoms with Gasteiger partial charge in [0.15, 0.2) is 12.4 Å². The van der Waals surface area contributed by atoms with Crippen LogP contribution in [0.3, 0.4) is 0 Å². The third-order valence-electron chi connectivity index (χ3n) is 4.35. The summed E-state index contributed by atoms with van der Waals surface area (Å²) in [5.41, 5.74) is 1.73. The summed E-state index contributed by atoms with van der Waals surface area (Å²) in [5.74, 6) is -0.936. The van der Waals surface area contributed by atoms with Crippen LogP contribution in [0.4, 0.5) is 10.1 Å². The van der Waals surface area contributed by atoms with Gasteiger partial charge in [0.2, 0.25) is 5.82 Å². The minimum Gasteiger partial charge on any atom is -0.459 e. The zero-order valence-corrected chi connectivity index (χ0v) is 16.3. The summed E-state index contributed by atoms with van der Waals surface area (Å²) in [6.45, 7) is 1.41. The summed E-state index contributed by atoms with van der Waals surface area (Å²) < 4.78 is 29.0. The number of amides is 1. The summed E-state index contributed by atoms with van der Waals surface area (Å²) in [6.07, 6.45) is 1.40. The summed E-state index contributed by atoms with van der Waals surface area (Å²) in [5, 5.41) is 6.43. The lowest BCUT2D eigenvalue weighted by molar-refractivity contribution is 0.0430. The Morgan fingerprint density at radius 1 is 1.13 bits per heavy atom. The van der Waals surface area contributed by atoms with Crippen molar-refractivity contribution in [1.29, 1.82) is 0 Å². The van der Waals surface area contributed by atoms with Gasteiger partial charge >= 0.3 is 5.97 Å². The first-order chi connectivity index (χ1) is 15.0. The number of hydrogen-bond acceptors (Lipinski definition) is 7. The molecule has 156 valence electrons. The van der Waals surface area contributed by atoms with E-state index in [9.17, 15) is 14.0 Å². The van der Waals surface area contributed by atoms with Gasteiger partial charge in [0.1, 0.15) is 5.82 Å². The van der Waals surface area contributed by atoms with Gasteiger partial charge in [-0.2, -0.15) is 4.98 Å². The molecule has 2 aromatic heterocycles. The number of carbonyl (C=O) groups is 2. The van der Waals surface area contributed by atoms with Gasteiger partial charge in [0.05, 0.1) is 11.8 Å². The van der Waals surface area contributed by atoms with Crippen molar-refractivity contribution in [2.45, 2.75) is 13.5 Å². The molecule has 0 fully saturated rings. The van der Waals surface area contributed by atoms with Crippen LogP contribution in [-0.4, -0.2) is 22.0 Å². The molecule has 0 saturated heterocycles. The van der Waals surface area contributed by atoms with Gasteiger partial charge in [-0.05, 0) is 55.0 Å². The van der Waals surface area contributed by atoms with Gasteiger partial charge in [-0.1, -0.05) is 17.3 Å². The molecular formula is C22H16FN3O5. The van der Waals surface area contributed by atoms with Crippen LogP contribution in [0, 0.1) is 12.7 Å². The number of anilines is 1. The quantitative estimate of drug-likeness (QED) is 0.460. The maximum Gasteiger partial charge on any atom is 0.338 e. The van der Waals surface area contributed by atoms with Crippen LogP contribution in [0.15, 0.2) is 69.8 Å². The number of rotatable bonds is 6. The van der Waals surface area contributed by atoms with E-state index in [1.807, 2.05) is 0 Å². The fourth-order valence-corrected chi connectivity index (χ4v) is 2.66. The molecule has 0 aliphatic rings. The Kier molecular flexibility index (Phi) is 5.57. The predicted molar refractivity (Wildman–Crippen MR) is 107 cm³/mol. The number of benzene rings is 2. The van der Waals surface area contributed by atoms with E-state index in [1.165, 1.54) is 24.5 Å². The van der Waals surface area contributed by atoms with Crippen LogP contribution in [0.2, 0.25) is 0 Å². The summed E-state index contributed by atoms with van der Waals surface area (Å²) in [7, 11) is 0. The number of hydrogen-bond donors (Lipinski definition) is 1. The van der Waals surface area contributed by atoms with E-state index >= 15 is 0 Å². The van der Waals surface area contributed by atoms with Gasteiger partial charge in [-0.3, -0.25) is 4.79 Å². The molecular weight excluding hydrogens is 405 g/mol. The molecule has 0 saturated carbocycles. The minimum atomic E-state index is -0.606. The number of halogens is 1. The van der Waals surface area contributed by atoms with E-state index in [0.717, 1.165) is 0 Å². The van der Waals surface area contributed by atoms with Crippen molar-refractivity contribution in [2.24, 2.45) is 0 Å². The lowest BCUT2D eigenvalue weighted by Crippen LogP contribution is -2.11. The molecule has 1 amide bonds. The van der Waals surface area contributed by atoms with E-state index in [4.69, 9.17) is 13.7 Å². The first kappa shape index (κ1) is 20.0. The van der Waals surface area contributed by atoms with Gasteiger partial charge in [0, 0.05) is 11.3 Å². The van der Waals surface area contributed by atoms with E-state index in [-0.39, 0.29) is 35.5 Å². The molecule has 2 aromatic carbocycles. The number of furan rings is 1. The lowest BCUT2D eigenvalue weighted by atomic mass is 10.1. The Morgan fingerprint density at radius 2 is 1.94 bits per heavy atom. The fourth-order valence-electron chi connectivity index (χ4n) is 2.66.